The van der Waals surface area contributed by atoms with Gasteiger partial charge in [0.15, 0.2) is 6.10 Å². The summed E-state index contributed by atoms with van der Waals surface area (Å²) in [6.45, 7) is 6.93. The lowest BCUT2D eigenvalue weighted by molar-refractivity contribution is -0.155. The first-order valence-electron chi connectivity index (χ1n) is 8.55. The van der Waals surface area contributed by atoms with Gasteiger partial charge in [0.25, 0.3) is 5.91 Å². The number of carbonyl (C=O) groups is 2. The third-order valence-corrected chi connectivity index (χ3v) is 4.79. The van der Waals surface area contributed by atoms with Crippen LogP contribution in [0.1, 0.15) is 48.9 Å². The smallest absolute Gasteiger partial charge is 0.306 e. The van der Waals surface area contributed by atoms with Gasteiger partial charge in [-0.05, 0) is 51.8 Å². The molecule has 0 aliphatic carbocycles. The van der Waals surface area contributed by atoms with Crippen molar-refractivity contribution in [2.75, 3.05) is 0 Å². The Bertz CT molecular complexity index is 816. The van der Waals surface area contributed by atoms with Crippen molar-refractivity contribution in [3.05, 3.63) is 50.8 Å². The van der Waals surface area contributed by atoms with Crippen molar-refractivity contribution in [3.8, 4) is 0 Å². The molecule has 8 heteroatoms. The predicted molar refractivity (Wildman–Crippen MR) is 103 cm³/mol. The minimum Gasteiger partial charge on any atom is -0.453 e. The first-order valence-corrected chi connectivity index (χ1v) is 9.31. The number of esters is 1. The number of amides is 1. The summed E-state index contributed by atoms with van der Waals surface area (Å²) in [6, 6.07) is 4.70. The highest BCUT2D eigenvalue weighted by atomic mass is 35.5. The van der Waals surface area contributed by atoms with Gasteiger partial charge in [-0.3, -0.25) is 9.59 Å². The fourth-order valence-corrected chi connectivity index (χ4v) is 3.23. The number of hydrogen-bond donors (Lipinski definition) is 1. The van der Waals surface area contributed by atoms with Crippen LogP contribution in [0.15, 0.2) is 22.7 Å². The molecule has 0 fully saturated rings. The average molecular weight is 413 g/mol. The minimum atomic E-state index is -0.921. The van der Waals surface area contributed by atoms with Crippen LogP contribution in [-0.4, -0.2) is 23.1 Å². The summed E-state index contributed by atoms with van der Waals surface area (Å²) in [6.07, 6.45) is -0.333. The molecule has 146 valence electrons. The fourth-order valence-electron chi connectivity index (χ4n) is 2.66. The van der Waals surface area contributed by atoms with Crippen molar-refractivity contribution in [1.82, 2.24) is 10.5 Å². The molecule has 2 atom stereocenters. The topological polar surface area (TPSA) is 81.4 Å². The van der Waals surface area contributed by atoms with Crippen LogP contribution in [0.5, 0.6) is 0 Å². The number of benzene rings is 1. The van der Waals surface area contributed by atoms with E-state index in [1.165, 1.54) is 6.92 Å². The van der Waals surface area contributed by atoms with Crippen molar-refractivity contribution in [2.24, 2.45) is 0 Å². The Kier molecular flexibility index (Phi) is 7.27. The van der Waals surface area contributed by atoms with Gasteiger partial charge in [-0.25, -0.2) is 0 Å². The van der Waals surface area contributed by atoms with Gasteiger partial charge in [0, 0.05) is 22.0 Å². The molecule has 27 heavy (non-hydrogen) atoms. The van der Waals surface area contributed by atoms with Gasteiger partial charge in [-0.1, -0.05) is 34.4 Å². The van der Waals surface area contributed by atoms with Crippen molar-refractivity contribution >= 4 is 35.1 Å². The Morgan fingerprint density at radius 1 is 1.26 bits per heavy atom. The number of aromatic nitrogens is 1. The maximum atomic E-state index is 12.3. The monoisotopic (exact) mass is 412 g/mol. The molecule has 0 radical (unpaired) electrons. The fraction of sp³-hybridized carbons (Fsp3) is 0.421. The quantitative estimate of drug-likeness (QED) is 0.683. The maximum absolute atomic E-state index is 12.3. The second kappa shape index (κ2) is 9.24. The van der Waals surface area contributed by atoms with E-state index in [2.05, 4.69) is 10.5 Å². The Morgan fingerprint density at radius 3 is 2.56 bits per heavy atom. The molecular weight excluding hydrogens is 391 g/mol. The van der Waals surface area contributed by atoms with Crippen LogP contribution in [-0.2, 0) is 20.7 Å². The molecule has 0 saturated heterocycles. The Balaban J connectivity index is 1.86. The summed E-state index contributed by atoms with van der Waals surface area (Å²) < 4.78 is 10.3. The largest absolute Gasteiger partial charge is 0.453 e. The van der Waals surface area contributed by atoms with Gasteiger partial charge in [0.1, 0.15) is 5.76 Å². The van der Waals surface area contributed by atoms with Gasteiger partial charge in [0.05, 0.1) is 11.7 Å². The van der Waals surface area contributed by atoms with Gasteiger partial charge >= 0.3 is 5.97 Å². The Labute approximate surface area is 168 Å². The van der Waals surface area contributed by atoms with E-state index in [-0.39, 0.29) is 12.5 Å². The van der Waals surface area contributed by atoms with E-state index in [0.29, 0.717) is 22.2 Å². The number of rotatable bonds is 7. The van der Waals surface area contributed by atoms with Crippen LogP contribution in [0.4, 0.5) is 0 Å². The number of carbonyl (C=O) groups excluding carboxylic acids is 2. The number of aryl methyl sites for hydroxylation is 2. The van der Waals surface area contributed by atoms with Gasteiger partial charge in [-0.15, -0.1) is 0 Å². The third-order valence-electron chi connectivity index (χ3n) is 4.23. The molecule has 0 aliphatic heterocycles. The SMILES string of the molecule is Cc1noc(C)c1CCC(=O)O[C@H](C)C(=O)N[C@@H](C)c1ccc(Cl)cc1Cl. The first kappa shape index (κ1) is 21.3. The zero-order valence-corrected chi connectivity index (χ0v) is 17.1. The summed E-state index contributed by atoms with van der Waals surface area (Å²) >= 11 is 12.0. The van der Waals surface area contributed by atoms with Crippen molar-refractivity contribution < 1.29 is 18.8 Å². The van der Waals surface area contributed by atoms with Crippen molar-refractivity contribution in [2.45, 2.75) is 52.7 Å². The first-order chi connectivity index (χ1) is 12.7. The van der Waals surface area contributed by atoms with E-state index in [4.69, 9.17) is 32.5 Å². The Morgan fingerprint density at radius 2 is 1.96 bits per heavy atom. The zero-order valence-electron chi connectivity index (χ0n) is 15.6. The minimum absolute atomic E-state index is 0.138. The van der Waals surface area contributed by atoms with E-state index in [1.54, 1.807) is 32.0 Å². The molecule has 1 amide bonds. The predicted octanol–water partition coefficient (Wildman–Crippen LogP) is 4.34. The molecule has 2 rings (SSSR count). The molecular formula is C19H22Cl2N2O4. The molecule has 1 aromatic heterocycles. The summed E-state index contributed by atoms with van der Waals surface area (Å²) in [7, 11) is 0. The van der Waals surface area contributed by atoms with Crippen LogP contribution in [0, 0.1) is 13.8 Å². The van der Waals surface area contributed by atoms with Gasteiger partial charge < -0.3 is 14.6 Å². The molecule has 1 aromatic carbocycles. The van der Waals surface area contributed by atoms with E-state index in [9.17, 15) is 9.59 Å². The van der Waals surface area contributed by atoms with Crippen LogP contribution in [0.2, 0.25) is 10.0 Å². The van der Waals surface area contributed by atoms with Gasteiger partial charge in [-0.2, -0.15) is 0 Å². The van der Waals surface area contributed by atoms with Crippen molar-refractivity contribution in [3.63, 3.8) is 0 Å². The number of halogens is 2. The molecule has 0 saturated carbocycles. The van der Waals surface area contributed by atoms with Crippen molar-refractivity contribution in [1.29, 1.82) is 0 Å². The lowest BCUT2D eigenvalue weighted by Gasteiger charge is -2.19. The van der Waals surface area contributed by atoms with E-state index in [1.807, 2.05) is 6.92 Å². The number of hydrogen-bond acceptors (Lipinski definition) is 5. The molecule has 1 heterocycles. The summed E-state index contributed by atoms with van der Waals surface area (Å²) in [5, 5.41) is 7.60. The number of ether oxygens (including phenoxy) is 1. The average Bonchev–Trinajstić information content (AvgIpc) is 2.90. The lowest BCUT2D eigenvalue weighted by Crippen LogP contribution is -2.37. The Hall–Kier alpha value is -2.05. The van der Waals surface area contributed by atoms with Crippen LogP contribution >= 0.6 is 23.2 Å². The summed E-state index contributed by atoms with van der Waals surface area (Å²) in [4.78, 5) is 24.3. The second-order valence-corrected chi connectivity index (χ2v) is 7.17. The van der Waals surface area contributed by atoms with E-state index in [0.717, 1.165) is 16.8 Å². The summed E-state index contributed by atoms with van der Waals surface area (Å²) in [5.41, 5.74) is 2.36. The highest BCUT2D eigenvalue weighted by Gasteiger charge is 2.21. The van der Waals surface area contributed by atoms with E-state index < -0.39 is 18.0 Å². The molecule has 0 spiro atoms. The number of nitrogens with zero attached hydrogens (tertiary/aromatic N) is 1. The van der Waals surface area contributed by atoms with Gasteiger partial charge in [0.2, 0.25) is 0 Å². The molecule has 0 bridgehead atoms. The normalized spacial score (nSPS) is 13.1. The molecule has 2 aromatic rings. The van der Waals surface area contributed by atoms with Crippen LogP contribution in [0.25, 0.3) is 0 Å². The highest BCUT2D eigenvalue weighted by Crippen LogP contribution is 2.26. The standard InChI is InChI=1S/C19H22Cl2N2O4/c1-10(16-6-5-14(20)9-17(16)21)22-19(25)13(4)26-18(24)8-7-15-11(2)23-27-12(15)3/h5-6,9-10,13H,7-8H2,1-4H3,(H,22,25)/t10-,13+/m0/s1. The maximum Gasteiger partial charge on any atom is 0.306 e. The van der Waals surface area contributed by atoms with E-state index >= 15 is 0 Å². The molecule has 1 N–H and O–H groups in total. The highest BCUT2D eigenvalue weighted by molar-refractivity contribution is 6.35. The lowest BCUT2D eigenvalue weighted by atomic mass is 10.1. The molecule has 0 unspecified atom stereocenters. The number of nitrogens with one attached hydrogen (secondary N) is 1. The van der Waals surface area contributed by atoms with Crippen LogP contribution in [0.3, 0.4) is 0 Å². The third kappa shape index (κ3) is 5.71. The molecule has 0 aliphatic rings. The zero-order chi connectivity index (χ0) is 20.1. The second-order valence-electron chi connectivity index (χ2n) is 6.33. The van der Waals surface area contributed by atoms with Crippen LogP contribution < -0.4 is 5.32 Å². The summed E-state index contributed by atoms with van der Waals surface area (Å²) in [5.74, 6) is -0.186. The molecule has 6 nitrogen and oxygen atoms in total.